The minimum absolute atomic E-state index is 0.303. The SMILES string of the molecule is CCc1cn([C@H]2O[C@@H](CO)[C@H](O)[C@@H]2F)c(=O)[nH]c1=O. The van der Waals surface area contributed by atoms with E-state index in [1.807, 2.05) is 0 Å². The third-order valence-electron chi connectivity index (χ3n) is 3.17. The number of aliphatic hydroxyl groups excluding tert-OH is 2. The molecule has 7 nitrogen and oxygen atoms in total. The predicted octanol–water partition coefficient (Wildman–Crippen LogP) is -1.31. The van der Waals surface area contributed by atoms with Crippen molar-refractivity contribution in [2.75, 3.05) is 6.61 Å². The van der Waals surface area contributed by atoms with Gasteiger partial charge in [0.05, 0.1) is 6.61 Å². The number of aliphatic hydroxyl groups is 2. The van der Waals surface area contributed by atoms with Crippen LogP contribution < -0.4 is 11.2 Å². The van der Waals surface area contributed by atoms with Crippen LogP contribution in [0, 0.1) is 0 Å². The first-order chi connectivity index (χ1) is 8.99. The standard InChI is InChI=1S/C11H15FN2O5/c1-2-5-3-14(11(18)13-9(5)17)10-7(12)8(16)6(4-15)19-10/h3,6-8,10,15-16H,2,4H2,1H3,(H,13,17,18)/t6-,7-,8-,10-/m0/s1. The molecule has 2 heterocycles. The number of aromatic nitrogens is 2. The molecular weight excluding hydrogens is 259 g/mol. The minimum Gasteiger partial charge on any atom is -0.394 e. The molecule has 3 N–H and O–H groups in total. The molecule has 8 heteroatoms. The van der Waals surface area contributed by atoms with E-state index in [2.05, 4.69) is 4.98 Å². The summed E-state index contributed by atoms with van der Waals surface area (Å²) < 4.78 is 19.9. The number of nitrogens with one attached hydrogen (secondary N) is 1. The number of aryl methyl sites for hydroxylation is 1. The van der Waals surface area contributed by atoms with Crippen LogP contribution in [0.1, 0.15) is 18.7 Å². The number of hydrogen-bond acceptors (Lipinski definition) is 5. The second kappa shape index (κ2) is 5.24. The summed E-state index contributed by atoms with van der Waals surface area (Å²) in [5.41, 5.74) is -1.05. The lowest BCUT2D eigenvalue weighted by Gasteiger charge is -2.16. The summed E-state index contributed by atoms with van der Waals surface area (Å²) in [4.78, 5) is 25.1. The van der Waals surface area contributed by atoms with E-state index in [0.29, 0.717) is 12.0 Å². The molecular formula is C11H15FN2O5. The zero-order valence-corrected chi connectivity index (χ0v) is 10.2. The highest BCUT2D eigenvalue weighted by atomic mass is 19.1. The first-order valence-electron chi connectivity index (χ1n) is 5.92. The zero-order valence-electron chi connectivity index (χ0n) is 10.2. The minimum atomic E-state index is -1.86. The second-order valence-corrected chi connectivity index (χ2v) is 4.36. The van der Waals surface area contributed by atoms with Gasteiger partial charge < -0.3 is 14.9 Å². The highest BCUT2D eigenvalue weighted by Gasteiger charge is 2.45. The van der Waals surface area contributed by atoms with Gasteiger partial charge in [-0.15, -0.1) is 0 Å². The highest BCUT2D eigenvalue weighted by molar-refractivity contribution is 5.05. The Kier molecular flexibility index (Phi) is 3.83. The molecule has 0 saturated carbocycles. The summed E-state index contributed by atoms with van der Waals surface area (Å²) in [6.07, 6.45) is -4.24. The van der Waals surface area contributed by atoms with Crippen molar-refractivity contribution in [2.24, 2.45) is 0 Å². The first-order valence-corrected chi connectivity index (χ1v) is 5.92. The van der Waals surface area contributed by atoms with Crippen molar-refractivity contribution in [1.82, 2.24) is 9.55 Å². The fraction of sp³-hybridized carbons (Fsp3) is 0.636. The van der Waals surface area contributed by atoms with Crippen LogP contribution in [0.2, 0.25) is 0 Å². The molecule has 1 aromatic heterocycles. The van der Waals surface area contributed by atoms with Crippen LogP contribution in [-0.2, 0) is 11.2 Å². The third-order valence-corrected chi connectivity index (χ3v) is 3.17. The number of aromatic amines is 1. The molecule has 4 atom stereocenters. The summed E-state index contributed by atoms with van der Waals surface area (Å²) in [7, 11) is 0. The molecule has 106 valence electrons. The van der Waals surface area contributed by atoms with Crippen molar-refractivity contribution >= 4 is 0 Å². The van der Waals surface area contributed by atoms with E-state index >= 15 is 0 Å². The highest BCUT2D eigenvalue weighted by Crippen LogP contribution is 2.30. The molecule has 0 radical (unpaired) electrons. The van der Waals surface area contributed by atoms with Gasteiger partial charge in [-0.2, -0.15) is 0 Å². The Labute approximate surface area is 107 Å². The van der Waals surface area contributed by atoms with Crippen LogP contribution in [0.15, 0.2) is 15.8 Å². The van der Waals surface area contributed by atoms with Crippen LogP contribution in [0.4, 0.5) is 4.39 Å². The average Bonchev–Trinajstić information content (AvgIpc) is 2.67. The lowest BCUT2D eigenvalue weighted by Crippen LogP contribution is -2.37. The van der Waals surface area contributed by atoms with Crippen molar-refractivity contribution in [2.45, 2.75) is 38.0 Å². The Morgan fingerprint density at radius 3 is 2.74 bits per heavy atom. The van der Waals surface area contributed by atoms with Gasteiger partial charge in [-0.25, -0.2) is 9.18 Å². The van der Waals surface area contributed by atoms with Crippen molar-refractivity contribution in [3.05, 3.63) is 32.6 Å². The maximum absolute atomic E-state index is 13.9. The normalized spacial score (nSPS) is 30.7. The molecule has 1 saturated heterocycles. The maximum atomic E-state index is 13.9. The third kappa shape index (κ3) is 2.34. The lowest BCUT2D eigenvalue weighted by atomic mass is 10.1. The van der Waals surface area contributed by atoms with Gasteiger partial charge in [0.1, 0.15) is 12.2 Å². The summed E-state index contributed by atoms with van der Waals surface area (Å²) >= 11 is 0. The molecule has 0 bridgehead atoms. The summed E-state index contributed by atoms with van der Waals surface area (Å²) in [6, 6.07) is 0. The molecule has 1 aromatic rings. The van der Waals surface area contributed by atoms with E-state index in [9.17, 15) is 19.1 Å². The number of ether oxygens (including phenoxy) is 1. The summed E-state index contributed by atoms with van der Waals surface area (Å²) in [5, 5.41) is 18.5. The van der Waals surface area contributed by atoms with E-state index in [1.54, 1.807) is 6.92 Å². The van der Waals surface area contributed by atoms with Crippen molar-refractivity contribution in [3.8, 4) is 0 Å². The second-order valence-electron chi connectivity index (χ2n) is 4.36. The van der Waals surface area contributed by atoms with Gasteiger partial charge in [0.25, 0.3) is 5.56 Å². The summed E-state index contributed by atoms with van der Waals surface area (Å²) in [6.45, 7) is 1.16. The number of alkyl halides is 1. The van der Waals surface area contributed by atoms with Crippen molar-refractivity contribution < 1.29 is 19.3 Å². The fourth-order valence-corrected chi connectivity index (χ4v) is 2.05. The van der Waals surface area contributed by atoms with Crippen molar-refractivity contribution in [1.29, 1.82) is 0 Å². The molecule has 0 aliphatic carbocycles. The molecule has 0 aromatic carbocycles. The molecule has 1 aliphatic heterocycles. The Morgan fingerprint density at radius 1 is 1.53 bits per heavy atom. The molecule has 2 rings (SSSR count). The fourth-order valence-electron chi connectivity index (χ4n) is 2.05. The van der Waals surface area contributed by atoms with E-state index in [0.717, 1.165) is 4.57 Å². The van der Waals surface area contributed by atoms with Gasteiger partial charge in [0.2, 0.25) is 0 Å². The molecule has 0 amide bonds. The van der Waals surface area contributed by atoms with Crippen LogP contribution in [0.25, 0.3) is 0 Å². The van der Waals surface area contributed by atoms with Crippen LogP contribution in [0.3, 0.4) is 0 Å². The van der Waals surface area contributed by atoms with Crippen LogP contribution in [-0.4, -0.2) is 44.8 Å². The van der Waals surface area contributed by atoms with Gasteiger partial charge in [-0.1, -0.05) is 6.92 Å². The van der Waals surface area contributed by atoms with Crippen LogP contribution in [0.5, 0.6) is 0 Å². The average molecular weight is 274 g/mol. The van der Waals surface area contributed by atoms with Gasteiger partial charge >= 0.3 is 5.69 Å². The van der Waals surface area contributed by atoms with E-state index in [-0.39, 0.29) is 0 Å². The Morgan fingerprint density at radius 2 is 2.21 bits per heavy atom. The van der Waals surface area contributed by atoms with Crippen molar-refractivity contribution in [3.63, 3.8) is 0 Å². The number of nitrogens with zero attached hydrogens (tertiary/aromatic N) is 1. The monoisotopic (exact) mass is 274 g/mol. The number of halogens is 1. The van der Waals surface area contributed by atoms with E-state index in [4.69, 9.17) is 9.84 Å². The summed E-state index contributed by atoms with van der Waals surface area (Å²) in [5.74, 6) is 0. The zero-order chi connectivity index (χ0) is 14.2. The number of rotatable bonds is 3. The molecule has 1 aliphatic rings. The lowest BCUT2D eigenvalue weighted by molar-refractivity contribution is -0.0492. The smallest absolute Gasteiger partial charge is 0.330 e. The molecule has 0 unspecified atom stereocenters. The first kappa shape index (κ1) is 13.9. The number of H-pyrrole nitrogens is 1. The van der Waals surface area contributed by atoms with Crippen LogP contribution >= 0.6 is 0 Å². The van der Waals surface area contributed by atoms with Gasteiger partial charge in [0.15, 0.2) is 12.4 Å². The quantitative estimate of drug-likeness (QED) is 0.634. The number of hydrogen-bond donors (Lipinski definition) is 3. The van der Waals surface area contributed by atoms with E-state index in [1.165, 1.54) is 6.20 Å². The largest absolute Gasteiger partial charge is 0.394 e. The van der Waals surface area contributed by atoms with E-state index < -0.39 is 42.5 Å². The Bertz CT molecular complexity index is 569. The molecule has 0 spiro atoms. The van der Waals surface area contributed by atoms with Gasteiger partial charge in [0, 0.05) is 11.8 Å². The van der Waals surface area contributed by atoms with Gasteiger partial charge in [-0.3, -0.25) is 14.3 Å². The Hall–Kier alpha value is -1.51. The predicted molar refractivity (Wildman–Crippen MR) is 62.6 cm³/mol. The van der Waals surface area contributed by atoms with Gasteiger partial charge in [-0.05, 0) is 6.42 Å². The Balaban J connectivity index is 2.43. The topological polar surface area (TPSA) is 105 Å². The maximum Gasteiger partial charge on any atom is 0.330 e. The molecule has 1 fully saturated rings. The molecule has 19 heavy (non-hydrogen) atoms.